The molecule has 0 spiro atoms. The van der Waals surface area contributed by atoms with Crippen LogP contribution in [-0.4, -0.2) is 29.6 Å². The fourth-order valence-corrected chi connectivity index (χ4v) is 5.22. The highest BCUT2D eigenvalue weighted by molar-refractivity contribution is 9.10. The number of hydrogen-bond acceptors (Lipinski definition) is 3. The van der Waals surface area contributed by atoms with Gasteiger partial charge in [0, 0.05) is 45.9 Å². The van der Waals surface area contributed by atoms with Gasteiger partial charge in [0.1, 0.15) is 0 Å². The number of piperazine rings is 1. The largest absolute Gasteiger partial charge is 0.311 e. The molecule has 2 aliphatic carbocycles. The summed E-state index contributed by atoms with van der Waals surface area (Å²) in [5.74, 6) is 1.87. The molecule has 4 rings (SSSR count). The Kier molecular flexibility index (Phi) is 3.49. The fourth-order valence-electron chi connectivity index (χ4n) is 3.75. The highest BCUT2D eigenvalue weighted by Crippen LogP contribution is 2.46. The molecule has 2 unspecified atom stereocenters. The number of nitrogens with one attached hydrogen (secondary N) is 1. The topological polar surface area (TPSA) is 15.3 Å². The van der Waals surface area contributed by atoms with Crippen molar-refractivity contribution in [3.05, 3.63) is 20.8 Å². The number of thiophene rings is 1. The third-order valence-electron chi connectivity index (χ3n) is 5.48. The van der Waals surface area contributed by atoms with Crippen molar-refractivity contribution in [2.24, 2.45) is 11.8 Å². The molecule has 2 heterocycles. The molecule has 0 amide bonds. The van der Waals surface area contributed by atoms with Crippen LogP contribution >= 0.6 is 27.3 Å². The van der Waals surface area contributed by atoms with Crippen molar-refractivity contribution in [1.82, 2.24) is 10.2 Å². The Hall–Kier alpha value is 0.1000. The van der Waals surface area contributed by atoms with E-state index in [1.54, 1.807) is 0 Å². The molecule has 4 heteroatoms. The Morgan fingerprint density at radius 3 is 2.80 bits per heavy atom. The molecule has 2 nitrogen and oxygen atoms in total. The van der Waals surface area contributed by atoms with Crippen LogP contribution in [0, 0.1) is 11.8 Å². The van der Waals surface area contributed by atoms with E-state index in [4.69, 9.17) is 0 Å². The van der Waals surface area contributed by atoms with Gasteiger partial charge < -0.3 is 5.32 Å². The molecule has 1 aromatic heterocycles. The average Bonchev–Trinajstić information content (AvgIpc) is 3.31. The van der Waals surface area contributed by atoms with Gasteiger partial charge in [-0.3, -0.25) is 4.90 Å². The van der Waals surface area contributed by atoms with E-state index >= 15 is 0 Å². The predicted molar refractivity (Wildman–Crippen MR) is 88.1 cm³/mol. The molecule has 20 heavy (non-hydrogen) atoms. The maximum absolute atomic E-state index is 3.87. The van der Waals surface area contributed by atoms with Crippen molar-refractivity contribution < 1.29 is 0 Å². The molecule has 2 saturated carbocycles. The Morgan fingerprint density at radius 1 is 1.40 bits per heavy atom. The second-order valence-corrected chi connectivity index (χ2v) is 8.98. The first-order chi connectivity index (χ1) is 9.65. The molecule has 0 radical (unpaired) electrons. The molecular weight excluding hydrogens is 332 g/mol. The molecule has 110 valence electrons. The van der Waals surface area contributed by atoms with Crippen LogP contribution in [0.3, 0.4) is 0 Å². The summed E-state index contributed by atoms with van der Waals surface area (Å²) in [6.07, 6.45) is 5.74. The summed E-state index contributed by atoms with van der Waals surface area (Å²) in [7, 11) is 0. The molecule has 3 aliphatic rings. The van der Waals surface area contributed by atoms with Crippen LogP contribution in [0.4, 0.5) is 0 Å². The van der Waals surface area contributed by atoms with Gasteiger partial charge in [0.05, 0.1) is 0 Å². The molecule has 1 N–H and O–H groups in total. The maximum atomic E-state index is 3.87. The third kappa shape index (κ3) is 2.60. The van der Waals surface area contributed by atoms with Gasteiger partial charge in [-0.05, 0) is 66.4 Å². The second-order valence-electron chi connectivity index (χ2n) is 7.07. The number of nitrogens with zero attached hydrogens (tertiary/aromatic N) is 1. The van der Waals surface area contributed by atoms with E-state index in [1.807, 2.05) is 11.3 Å². The first kappa shape index (κ1) is 13.7. The second kappa shape index (κ2) is 5.08. The zero-order chi connectivity index (χ0) is 13.7. The quantitative estimate of drug-likeness (QED) is 0.882. The summed E-state index contributed by atoms with van der Waals surface area (Å²) in [4.78, 5) is 4.29. The standard InChI is InChI=1S/C16H23BrN2S/c1-16(12-4-5-12)10-18-15(11-2-3-11)8-19(16)7-14-6-13(17)9-20-14/h6,9,11-12,15,18H,2-5,7-8,10H2,1H3. The minimum absolute atomic E-state index is 0.377. The SMILES string of the molecule is CC1(C2CC2)CNC(C2CC2)CN1Cc1cc(Br)cs1. The van der Waals surface area contributed by atoms with Crippen molar-refractivity contribution in [3.63, 3.8) is 0 Å². The summed E-state index contributed by atoms with van der Waals surface area (Å²) in [5.41, 5.74) is 0.377. The van der Waals surface area contributed by atoms with Crippen LogP contribution in [0.15, 0.2) is 15.9 Å². The smallest absolute Gasteiger partial charge is 0.0338 e. The van der Waals surface area contributed by atoms with E-state index in [2.05, 4.69) is 44.5 Å². The maximum Gasteiger partial charge on any atom is 0.0338 e. The van der Waals surface area contributed by atoms with Gasteiger partial charge in [0.25, 0.3) is 0 Å². The van der Waals surface area contributed by atoms with Gasteiger partial charge in [-0.1, -0.05) is 0 Å². The fraction of sp³-hybridized carbons (Fsp3) is 0.750. The third-order valence-corrected chi connectivity index (χ3v) is 7.16. The Balaban J connectivity index is 1.53. The zero-order valence-corrected chi connectivity index (χ0v) is 14.5. The summed E-state index contributed by atoms with van der Waals surface area (Å²) in [5, 5.41) is 6.08. The molecule has 1 aromatic rings. The molecular formula is C16H23BrN2S. The summed E-state index contributed by atoms with van der Waals surface area (Å²) in [6.45, 7) is 6.05. The molecule has 0 bridgehead atoms. The Labute approximate surface area is 134 Å². The molecule has 2 atom stereocenters. The first-order valence-corrected chi connectivity index (χ1v) is 9.54. The first-order valence-electron chi connectivity index (χ1n) is 7.86. The van der Waals surface area contributed by atoms with E-state index in [9.17, 15) is 0 Å². The normalized spacial score (nSPS) is 35.4. The van der Waals surface area contributed by atoms with E-state index in [0.29, 0.717) is 5.54 Å². The van der Waals surface area contributed by atoms with Gasteiger partial charge in [-0.15, -0.1) is 11.3 Å². The highest BCUT2D eigenvalue weighted by atomic mass is 79.9. The van der Waals surface area contributed by atoms with E-state index < -0.39 is 0 Å². The minimum Gasteiger partial charge on any atom is -0.311 e. The van der Waals surface area contributed by atoms with Gasteiger partial charge in [-0.25, -0.2) is 0 Å². The van der Waals surface area contributed by atoms with Crippen LogP contribution in [0.2, 0.25) is 0 Å². The van der Waals surface area contributed by atoms with Gasteiger partial charge >= 0.3 is 0 Å². The number of halogens is 1. The molecule has 0 aromatic carbocycles. The van der Waals surface area contributed by atoms with Crippen LogP contribution in [0.5, 0.6) is 0 Å². The lowest BCUT2D eigenvalue weighted by Gasteiger charge is -2.49. The lowest BCUT2D eigenvalue weighted by molar-refractivity contribution is 0.0243. The minimum atomic E-state index is 0.377. The molecule has 3 fully saturated rings. The van der Waals surface area contributed by atoms with Crippen LogP contribution < -0.4 is 5.32 Å². The highest BCUT2D eigenvalue weighted by Gasteiger charge is 2.50. The monoisotopic (exact) mass is 354 g/mol. The van der Waals surface area contributed by atoms with Crippen molar-refractivity contribution in [2.45, 2.75) is 50.7 Å². The summed E-state index contributed by atoms with van der Waals surface area (Å²) in [6, 6.07) is 3.04. The van der Waals surface area contributed by atoms with Crippen molar-refractivity contribution in [1.29, 1.82) is 0 Å². The van der Waals surface area contributed by atoms with Gasteiger partial charge in [0.15, 0.2) is 0 Å². The Morgan fingerprint density at radius 2 is 2.20 bits per heavy atom. The lowest BCUT2D eigenvalue weighted by atomic mass is 9.88. The van der Waals surface area contributed by atoms with Crippen molar-refractivity contribution >= 4 is 27.3 Å². The van der Waals surface area contributed by atoms with Crippen molar-refractivity contribution in [2.75, 3.05) is 13.1 Å². The van der Waals surface area contributed by atoms with E-state index in [-0.39, 0.29) is 0 Å². The summed E-state index contributed by atoms with van der Waals surface area (Å²) < 4.78 is 1.24. The molecule has 1 saturated heterocycles. The molecule has 1 aliphatic heterocycles. The van der Waals surface area contributed by atoms with Crippen LogP contribution in [0.25, 0.3) is 0 Å². The van der Waals surface area contributed by atoms with Crippen LogP contribution in [0.1, 0.15) is 37.5 Å². The van der Waals surface area contributed by atoms with Crippen molar-refractivity contribution in [3.8, 4) is 0 Å². The Bertz CT molecular complexity index is 494. The van der Waals surface area contributed by atoms with Gasteiger partial charge in [-0.2, -0.15) is 0 Å². The number of hydrogen-bond donors (Lipinski definition) is 1. The van der Waals surface area contributed by atoms with E-state index in [1.165, 1.54) is 48.1 Å². The number of rotatable bonds is 4. The average molecular weight is 355 g/mol. The lowest BCUT2D eigenvalue weighted by Crippen LogP contribution is -2.64. The summed E-state index contributed by atoms with van der Waals surface area (Å²) >= 11 is 5.48. The van der Waals surface area contributed by atoms with Gasteiger partial charge in [0.2, 0.25) is 0 Å². The zero-order valence-electron chi connectivity index (χ0n) is 12.1. The van der Waals surface area contributed by atoms with E-state index in [0.717, 1.165) is 24.4 Å². The predicted octanol–water partition coefficient (Wildman–Crippen LogP) is 3.86. The van der Waals surface area contributed by atoms with Crippen LogP contribution in [-0.2, 0) is 6.54 Å².